The lowest BCUT2D eigenvalue weighted by atomic mass is 9.82. The highest BCUT2D eigenvalue weighted by atomic mass is 16.5. The predicted molar refractivity (Wildman–Crippen MR) is 62.7 cm³/mol. The van der Waals surface area contributed by atoms with Crippen LogP contribution in [0, 0.1) is 5.41 Å². The van der Waals surface area contributed by atoms with Gasteiger partial charge in [0.1, 0.15) is 0 Å². The zero-order valence-electron chi connectivity index (χ0n) is 10.4. The van der Waals surface area contributed by atoms with Crippen LogP contribution in [-0.4, -0.2) is 26.3 Å². The molecule has 0 bridgehead atoms. The summed E-state index contributed by atoms with van der Waals surface area (Å²) in [4.78, 5) is 0. The minimum Gasteiger partial charge on any atom is -0.382 e. The van der Waals surface area contributed by atoms with Gasteiger partial charge >= 0.3 is 0 Å². The Morgan fingerprint density at radius 3 is 2.36 bits per heavy atom. The van der Waals surface area contributed by atoms with Crippen molar-refractivity contribution in [3.8, 4) is 0 Å². The van der Waals surface area contributed by atoms with E-state index in [1.807, 2.05) is 0 Å². The Morgan fingerprint density at radius 2 is 1.86 bits per heavy atom. The Hall–Kier alpha value is -0.0800. The van der Waals surface area contributed by atoms with Gasteiger partial charge in [-0.15, -0.1) is 0 Å². The van der Waals surface area contributed by atoms with E-state index in [9.17, 15) is 0 Å². The molecule has 0 spiro atoms. The van der Waals surface area contributed by atoms with Gasteiger partial charge in [0.25, 0.3) is 0 Å². The smallest absolute Gasteiger partial charge is 0.0471 e. The molecule has 1 N–H and O–H groups in total. The number of ether oxygens (including phenoxy) is 1. The van der Waals surface area contributed by atoms with E-state index in [2.05, 4.69) is 33.0 Å². The number of nitrogens with one attached hydrogen (secondary N) is 1. The molecule has 0 radical (unpaired) electrons. The summed E-state index contributed by atoms with van der Waals surface area (Å²) < 4.78 is 5.43. The minimum atomic E-state index is 0.417. The molecule has 1 atom stereocenters. The van der Waals surface area contributed by atoms with E-state index in [1.54, 1.807) is 0 Å². The lowest BCUT2D eigenvalue weighted by Gasteiger charge is -2.29. The van der Waals surface area contributed by atoms with Crippen molar-refractivity contribution in [1.82, 2.24) is 5.32 Å². The first-order valence-electron chi connectivity index (χ1n) is 5.97. The highest BCUT2D eigenvalue weighted by molar-refractivity contribution is 4.76. The summed E-state index contributed by atoms with van der Waals surface area (Å²) >= 11 is 0. The molecule has 2 heteroatoms. The van der Waals surface area contributed by atoms with Crippen LogP contribution in [0.15, 0.2) is 0 Å². The van der Waals surface area contributed by atoms with Crippen molar-refractivity contribution >= 4 is 0 Å². The maximum atomic E-state index is 5.43. The Morgan fingerprint density at radius 1 is 1.14 bits per heavy atom. The zero-order chi connectivity index (χ0) is 10.9. The van der Waals surface area contributed by atoms with E-state index in [4.69, 9.17) is 4.74 Å². The molecule has 0 amide bonds. The second-order valence-corrected chi connectivity index (χ2v) is 4.29. The van der Waals surface area contributed by atoms with E-state index < -0.39 is 0 Å². The van der Waals surface area contributed by atoms with Gasteiger partial charge in [-0.3, -0.25) is 0 Å². The normalized spacial score (nSPS) is 15.4. The van der Waals surface area contributed by atoms with Crippen LogP contribution in [0.2, 0.25) is 0 Å². The highest BCUT2D eigenvalue weighted by Crippen LogP contribution is 2.26. The van der Waals surface area contributed by atoms with Gasteiger partial charge in [-0.1, -0.05) is 27.2 Å². The van der Waals surface area contributed by atoms with Crippen LogP contribution in [0.5, 0.6) is 0 Å². The molecule has 0 rings (SSSR count). The van der Waals surface area contributed by atoms with E-state index in [0.717, 1.165) is 26.3 Å². The van der Waals surface area contributed by atoms with Crippen LogP contribution in [-0.2, 0) is 4.74 Å². The second-order valence-electron chi connectivity index (χ2n) is 4.29. The third-order valence-corrected chi connectivity index (χ3v) is 2.71. The lowest BCUT2D eigenvalue weighted by Crippen LogP contribution is -2.32. The van der Waals surface area contributed by atoms with Gasteiger partial charge in [0, 0.05) is 19.8 Å². The minimum absolute atomic E-state index is 0.417. The summed E-state index contributed by atoms with van der Waals surface area (Å²) in [6.07, 6.45) is 3.71. The largest absolute Gasteiger partial charge is 0.382 e. The monoisotopic (exact) mass is 201 g/mol. The van der Waals surface area contributed by atoms with Gasteiger partial charge in [0.05, 0.1) is 0 Å². The summed E-state index contributed by atoms with van der Waals surface area (Å²) in [5.41, 5.74) is 0.417. The molecule has 0 fully saturated rings. The van der Waals surface area contributed by atoms with Gasteiger partial charge < -0.3 is 10.1 Å². The van der Waals surface area contributed by atoms with Gasteiger partial charge in [-0.05, 0) is 31.7 Å². The molecule has 0 aromatic carbocycles. The van der Waals surface area contributed by atoms with Gasteiger partial charge in [0.2, 0.25) is 0 Å². The first-order valence-corrected chi connectivity index (χ1v) is 5.97. The van der Waals surface area contributed by atoms with Crippen molar-refractivity contribution in [1.29, 1.82) is 0 Å². The van der Waals surface area contributed by atoms with Crippen LogP contribution in [0.4, 0.5) is 0 Å². The van der Waals surface area contributed by atoms with Crippen LogP contribution in [0.25, 0.3) is 0 Å². The van der Waals surface area contributed by atoms with Crippen molar-refractivity contribution in [2.45, 2.75) is 47.0 Å². The van der Waals surface area contributed by atoms with E-state index in [0.29, 0.717) is 5.41 Å². The van der Waals surface area contributed by atoms with Gasteiger partial charge in [0.15, 0.2) is 0 Å². The molecule has 1 unspecified atom stereocenters. The van der Waals surface area contributed by atoms with Crippen LogP contribution < -0.4 is 5.32 Å². The Bertz CT molecular complexity index is 127. The molecule has 0 heterocycles. The first-order chi connectivity index (χ1) is 6.68. The predicted octanol–water partition coefficient (Wildman–Crippen LogP) is 2.83. The molecule has 0 aliphatic carbocycles. The van der Waals surface area contributed by atoms with Crippen LogP contribution >= 0.6 is 0 Å². The third-order valence-electron chi connectivity index (χ3n) is 2.71. The molecule has 2 nitrogen and oxygen atoms in total. The van der Waals surface area contributed by atoms with Crippen molar-refractivity contribution in [2.75, 3.05) is 26.3 Å². The van der Waals surface area contributed by atoms with Crippen molar-refractivity contribution in [3.63, 3.8) is 0 Å². The van der Waals surface area contributed by atoms with Crippen molar-refractivity contribution < 1.29 is 4.74 Å². The second kappa shape index (κ2) is 8.25. The molecule has 0 aliphatic rings. The number of rotatable bonds is 9. The molecule has 0 aromatic rings. The Kier molecular flexibility index (Phi) is 8.20. The fourth-order valence-corrected chi connectivity index (χ4v) is 1.80. The SMILES string of the molecule is CCCC(C)(CCOCC)CNCC. The molecule has 0 aliphatic heterocycles. The van der Waals surface area contributed by atoms with E-state index >= 15 is 0 Å². The molecule has 0 saturated carbocycles. The maximum absolute atomic E-state index is 5.43. The number of hydrogen-bond acceptors (Lipinski definition) is 2. The maximum Gasteiger partial charge on any atom is 0.0471 e. The summed E-state index contributed by atoms with van der Waals surface area (Å²) in [5.74, 6) is 0. The molecule has 0 saturated heterocycles. The Labute approximate surface area is 89.4 Å². The van der Waals surface area contributed by atoms with Crippen LogP contribution in [0.1, 0.15) is 47.0 Å². The molecule has 0 aromatic heterocycles. The fraction of sp³-hybridized carbons (Fsp3) is 1.00. The average Bonchev–Trinajstić information content (AvgIpc) is 2.16. The highest BCUT2D eigenvalue weighted by Gasteiger charge is 2.22. The summed E-state index contributed by atoms with van der Waals surface area (Å²) in [7, 11) is 0. The quantitative estimate of drug-likeness (QED) is 0.579. The first kappa shape index (κ1) is 13.9. The lowest BCUT2D eigenvalue weighted by molar-refractivity contribution is 0.104. The van der Waals surface area contributed by atoms with Crippen molar-refractivity contribution in [2.24, 2.45) is 5.41 Å². The molecular formula is C12H27NO. The fourth-order valence-electron chi connectivity index (χ4n) is 1.80. The van der Waals surface area contributed by atoms with Crippen molar-refractivity contribution in [3.05, 3.63) is 0 Å². The standard InChI is InChI=1S/C12H27NO/c1-5-8-12(4,11-13-6-2)9-10-14-7-3/h13H,5-11H2,1-4H3. The third kappa shape index (κ3) is 6.39. The molecule has 14 heavy (non-hydrogen) atoms. The van der Waals surface area contributed by atoms with Crippen LogP contribution in [0.3, 0.4) is 0 Å². The summed E-state index contributed by atoms with van der Waals surface area (Å²) in [5, 5.41) is 3.45. The summed E-state index contributed by atoms with van der Waals surface area (Å²) in [6.45, 7) is 12.7. The van der Waals surface area contributed by atoms with Gasteiger partial charge in [-0.2, -0.15) is 0 Å². The van der Waals surface area contributed by atoms with Gasteiger partial charge in [-0.25, -0.2) is 0 Å². The Balaban J connectivity index is 3.82. The molecular weight excluding hydrogens is 174 g/mol. The number of hydrogen-bond donors (Lipinski definition) is 1. The summed E-state index contributed by atoms with van der Waals surface area (Å²) in [6, 6.07) is 0. The zero-order valence-corrected chi connectivity index (χ0v) is 10.4. The van der Waals surface area contributed by atoms with E-state index in [1.165, 1.54) is 19.3 Å². The van der Waals surface area contributed by atoms with E-state index in [-0.39, 0.29) is 0 Å². The molecule has 86 valence electrons. The topological polar surface area (TPSA) is 21.3 Å². The average molecular weight is 201 g/mol.